The molecular weight excluding hydrogens is 383 g/mol. The maximum Gasteiger partial charge on any atom is 2.00 e. The van der Waals surface area contributed by atoms with Crippen molar-refractivity contribution in [1.29, 1.82) is 0 Å². The van der Waals surface area contributed by atoms with Crippen LogP contribution in [0.5, 0.6) is 0 Å². The monoisotopic (exact) mass is 406 g/mol. The van der Waals surface area contributed by atoms with E-state index in [1.54, 1.807) is 0 Å². The smallest absolute Gasteiger partial charge is 0.550 e. The maximum absolute atomic E-state index is 10.6. The average molecular weight is 405 g/mol. The predicted molar refractivity (Wildman–Crippen MR) is 74.1 cm³/mol. The average Bonchev–Trinajstić information content (AvgIpc) is 2.33. The molecule has 21 heavy (non-hydrogen) atoms. The van der Waals surface area contributed by atoms with Crippen molar-refractivity contribution in [2.24, 2.45) is 0 Å². The Morgan fingerprint density at radius 1 is 0.714 bits per heavy atom. The molecule has 0 aliphatic heterocycles. The number of unbranched alkanes of at least 4 members (excludes halogenated alkanes) is 2. The molecule has 0 aromatic rings. The van der Waals surface area contributed by atoms with E-state index in [9.17, 15) is 29.4 Å². The van der Waals surface area contributed by atoms with Crippen LogP contribution >= 0.6 is 0 Å². The maximum atomic E-state index is 10.6. The van der Waals surface area contributed by atoms with Gasteiger partial charge in [-0.2, -0.15) is 0 Å². The first-order valence-corrected chi connectivity index (χ1v) is 6.76. The van der Waals surface area contributed by atoms with Crippen LogP contribution in [0.2, 0.25) is 0 Å². The van der Waals surface area contributed by atoms with Crippen molar-refractivity contribution in [3.05, 3.63) is 0 Å². The van der Waals surface area contributed by atoms with E-state index in [-0.39, 0.29) is 35.5 Å². The minimum Gasteiger partial charge on any atom is -0.550 e. The van der Waals surface area contributed by atoms with Crippen molar-refractivity contribution in [1.82, 2.24) is 0 Å². The number of carbonyl (C=O) groups excluding carboxylic acids is 4. The number of hydrogen-bond donors (Lipinski definition) is 0. The van der Waals surface area contributed by atoms with Crippen LogP contribution in [0.4, 0.5) is 0 Å². The molecule has 0 amide bonds. The van der Waals surface area contributed by atoms with Crippen LogP contribution in [-0.2, 0) is 19.2 Å². The van der Waals surface area contributed by atoms with Gasteiger partial charge in [0.1, 0.15) is 11.6 Å². The van der Waals surface area contributed by atoms with Crippen LogP contribution in [0.1, 0.15) is 65.2 Å². The molecule has 0 aliphatic carbocycles. The molecule has 0 unspecified atom stereocenters. The predicted octanol–water partition coefficient (Wildman–Crippen LogP) is -0.609. The number of carbonyl (C=O) groups is 4. The van der Waals surface area contributed by atoms with Crippen LogP contribution in [0.25, 0.3) is 0 Å². The van der Waals surface area contributed by atoms with Crippen molar-refractivity contribution < 1.29 is 29.4 Å². The second-order valence-electron chi connectivity index (χ2n) is 4.38. The van der Waals surface area contributed by atoms with Gasteiger partial charge in [-0.1, -0.05) is 26.7 Å². The molecule has 0 N–H and O–H groups in total. The first-order chi connectivity index (χ1) is 9.33. The Morgan fingerprint density at radius 2 is 1.00 bits per heavy atom. The molecule has 118 valence electrons. The van der Waals surface area contributed by atoms with Gasteiger partial charge in [-0.25, -0.2) is 0 Å². The molecule has 0 fully saturated rings. The van der Waals surface area contributed by atoms with Crippen LogP contribution < -0.4 is 10.2 Å². The molecule has 0 heterocycles. The Morgan fingerprint density at radius 3 is 1.19 bits per heavy atom. The summed E-state index contributed by atoms with van der Waals surface area (Å²) in [4.78, 5) is 40.9. The molecule has 0 aromatic carbocycles. The van der Waals surface area contributed by atoms with Crippen LogP contribution in [0, 0.1) is 0 Å². The number of carboxylic acids is 2. The van der Waals surface area contributed by atoms with E-state index in [2.05, 4.69) is 0 Å². The number of carboxylic acid groups (broad SMARTS) is 2. The molecular formula is C14H22O6Sn. The van der Waals surface area contributed by atoms with Crippen LogP contribution in [-0.4, -0.2) is 47.4 Å². The van der Waals surface area contributed by atoms with Gasteiger partial charge in [-0.15, -0.1) is 0 Å². The van der Waals surface area contributed by atoms with Gasteiger partial charge in [-0.05, 0) is 12.8 Å². The number of aliphatic carboxylic acids is 2. The summed E-state index contributed by atoms with van der Waals surface area (Å²) < 4.78 is 0. The number of Topliss-reactive ketones (excluding diaryl/α,β-unsaturated/α-hetero) is 2. The molecule has 6 nitrogen and oxygen atoms in total. The van der Waals surface area contributed by atoms with Gasteiger partial charge < -0.3 is 19.8 Å². The molecule has 0 aromatic heterocycles. The summed E-state index contributed by atoms with van der Waals surface area (Å²) in [7, 11) is 0. The molecule has 0 rings (SSSR count). The second kappa shape index (κ2) is 17.1. The summed E-state index contributed by atoms with van der Waals surface area (Å²) in [5.74, 6) is -3.02. The Labute approximate surface area is 142 Å². The zero-order valence-electron chi connectivity index (χ0n) is 12.6. The summed E-state index contributed by atoms with van der Waals surface area (Å²) in [6.07, 6.45) is 3.24. The van der Waals surface area contributed by atoms with Crippen LogP contribution in [0.3, 0.4) is 0 Å². The first kappa shape index (κ1) is 25.1. The van der Waals surface area contributed by atoms with E-state index < -0.39 is 24.8 Å². The molecule has 0 atom stereocenters. The van der Waals surface area contributed by atoms with Crippen molar-refractivity contribution in [3.63, 3.8) is 0 Å². The first-order valence-electron chi connectivity index (χ1n) is 6.76. The normalized spacial score (nSPS) is 8.86. The van der Waals surface area contributed by atoms with Gasteiger partial charge in [0.2, 0.25) is 0 Å². The molecule has 0 bridgehead atoms. The topological polar surface area (TPSA) is 114 Å². The SMILES string of the molecule is CCCCC(=O)CC(=O)[O-].CCCCC(=O)CC(=O)[O-].[Sn+2]. The second-order valence-corrected chi connectivity index (χ2v) is 4.38. The fourth-order valence-corrected chi connectivity index (χ4v) is 1.25. The zero-order chi connectivity index (χ0) is 16.0. The Balaban J connectivity index is -0.000000295. The quantitative estimate of drug-likeness (QED) is 0.354. The van der Waals surface area contributed by atoms with Crippen molar-refractivity contribution in [3.8, 4) is 0 Å². The summed E-state index contributed by atoms with van der Waals surface area (Å²) in [5.41, 5.74) is 0. The van der Waals surface area contributed by atoms with Gasteiger partial charge in [0.05, 0.1) is 0 Å². The molecule has 2 radical (unpaired) electrons. The minimum absolute atomic E-state index is 0. The van der Waals surface area contributed by atoms with E-state index >= 15 is 0 Å². The van der Waals surface area contributed by atoms with E-state index in [1.165, 1.54) is 0 Å². The zero-order valence-corrected chi connectivity index (χ0v) is 15.5. The van der Waals surface area contributed by atoms with E-state index in [0.717, 1.165) is 25.7 Å². The summed E-state index contributed by atoms with van der Waals surface area (Å²) in [6.45, 7) is 3.90. The number of ketones is 2. The van der Waals surface area contributed by atoms with Gasteiger partial charge >= 0.3 is 23.9 Å². The van der Waals surface area contributed by atoms with E-state index in [1.807, 2.05) is 13.8 Å². The van der Waals surface area contributed by atoms with E-state index in [4.69, 9.17) is 0 Å². The Kier molecular flexibility index (Phi) is 20.4. The minimum atomic E-state index is -1.28. The molecule has 0 saturated carbocycles. The van der Waals surface area contributed by atoms with E-state index in [0.29, 0.717) is 12.8 Å². The van der Waals surface area contributed by atoms with Gasteiger partial charge in [-0.3, -0.25) is 9.59 Å². The number of rotatable bonds is 10. The van der Waals surface area contributed by atoms with Crippen LogP contribution in [0.15, 0.2) is 0 Å². The largest absolute Gasteiger partial charge is 2.00 e. The fourth-order valence-electron chi connectivity index (χ4n) is 1.25. The Hall–Kier alpha value is -0.921. The van der Waals surface area contributed by atoms with Crippen molar-refractivity contribution in [2.75, 3.05) is 0 Å². The van der Waals surface area contributed by atoms with Gasteiger partial charge in [0.15, 0.2) is 0 Å². The summed E-state index contributed by atoms with van der Waals surface area (Å²) in [5, 5.41) is 19.7. The summed E-state index contributed by atoms with van der Waals surface area (Å²) >= 11 is 0. The number of hydrogen-bond acceptors (Lipinski definition) is 6. The third kappa shape index (κ3) is 24.5. The third-order valence-corrected chi connectivity index (χ3v) is 2.30. The van der Waals surface area contributed by atoms with Crippen molar-refractivity contribution >= 4 is 47.4 Å². The third-order valence-electron chi connectivity index (χ3n) is 2.30. The molecule has 0 spiro atoms. The standard InChI is InChI=1S/2C7H12O3.Sn/c2*1-2-3-4-6(8)5-7(9)10;/h2*2-5H2,1H3,(H,9,10);/q;;+2/p-2. The van der Waals surface area contributed by atoms with Crippen molar-refractivity contribution in [2.45, 2.75) is 65.2 Å². The Bertz CT molecular complexity index is 295. The molecule has 7 heteroatoms. The van der Waals surface area contributed by atoms with Gasteiger partial charge in [0, 0.05) is 37.6 Å². The summed E-state index contributed by atoms with van der Waals surface area (Å²) in [6, 6.07) is 0. The molecule has 0 aliphatic rings. The fraction of sp³-hybridized carbons (Fsp3) is 0.714. The van der Waals surface area contributed by atoms with Gasteiger partial charge in [0.25, 0.3) is 0 Å². The molecule has 0 saturated heterocycles.